The normalized spacial score (nSPS) is 10.8. The van der Waals surface area contributed by atoms with Gasteiger partial charge in [-0.3, -0.25) is 14.3 Å². The van der Waals surface area contributed by atoms with Crippen LogP contribution in [0.1, 0.15) is 11.1 Å². The maximum absolute atomic E-state index is 12.5. The van der Waals surface area contributed by atoms with Crippen molar-refractivity contribution in [2.75, 3.05) is 5.75 Å². The van der Waals surface area contributed by atoms with Crippen molar-refractivity contribution in [2.24, 2.45) is 0 Å². The van der Waals surface area contributed by atoms with Gasteiger partial charge in [0.05, 0.1) is 11.4 Å². The smallest absolute Gasteiger partial charge is 0.230 e. The van der Waals surface area contributed by atoms with Crippen LogP contribution in [-0.4, -0.2) is 31.4 Å². The van der Waals surface area contributed by atoms with E-state index < -0.39 is 0 Å². The first-order valence-electron chi connectivity index (χ1n) is 9.78. The van der Waals surface area contributed by atoms with Gasteiger partial charge in [0.15, 0.2) is 11.0 Å². The van der Waals surface area contributed by atoms with Gasteiger partial charge in [-0.2, -0.15) is 0 Å². The first-order valence-corrected chi connectivity index (χ1v) is 11.5. The molecule has 0 saturated carbocycles. The number of benzene rings is 2. The number of rotatable bonds is 7. The highest BCUT2D eigenvalue weighted by Crippen LogP contribution is 2.31. The third-order valence-electron chi connectivity index (χ3n) is 4.79. The van der Waals surface area contributed by atoms with Crippen LogP contribution in [0.4, 0.5) is 0 Å². The lowest BCUT2D eigenvalue weighted by atomic mass is 10.2. The lowest BCUT2D eigenvalue weighted by Gasteiger charge is -2.14. The van der Waals surface area contributed by atoms with E-state index in [-0.39, 0.29) is 11.7 Å². The zero-order chi connectivity index (χ0) is 22.5. The molecule has 0 saturated heterocycles. The number of amides is 1. The maximum Gasteiger partial charge on any atom is 0.230 e. The van der Waals surface area contributed by atoms with Crippen molar-refractivity contribution in [1.29, 1.82) is 0 Å². The van der Waals surface area contributed by atoms with Gasteiger partial charge in [0.2, 0.25) is 5.91 Å². The summed E-state index contributed by atoms with van der Waals surface area (Å²) < 4.78 is 1.92. The van der Waals surface area contributed by atoms with Crippen molar-refractivity contribution in [3.63, 3.8) is 0 Å². The molecule has 4 rings (SSSR count). The van der Waals surface area contributed by atoms with Crippen LogP contribution >= 0.6 is 35.0 Å². The molecule has 32 heavy (non-hydrogen) atoms. The standard InChI is InChI=1S/C23H19Cl2N5OS/c1-15-19(25)3-2-4-20(15)30-22(17-9-11-26-12-10-17)28-29-23(30)32-14-21(31)27-13-16-5-7-18(24)8-6-16/h2-12H,13-14H2,1H3,(H,27,31). The van der Waals surface area contributed by atoms with Crippen molar-refractivity contribution in [3.8, 4) is 17.1 Å². The molecule has 0 radical (unpaired) electrons. The molecule has 1 N–H and O–H groups in total. The fourth-order valence-corrected chi connectivity index (χ4v) is 4.16. The zero-order valence-corrected chi connectivity index (χ0v) is 19.5. The van der Waals surface area contributed by atoms with E-state index in [1.165, 1.54) is 11.8 Å². The minimum Gasteiger partial charge on any atom is -0.351 e. The molecule has 2 aromatic carbocycles. The molecule has 0 atom stereocenters. The molecule has 1 amide bonds. The van der Waals surface area contributed by atoms with Gasteiger partial charge in [0.1, 0.15) is 0 Å². The second-order valence-corrected chi connectivity index (χ2v) is 8.74. The summed E-state index contributed by atoms with van der Waals surface area (Å²) in [6, 6.07) is 16.8. The summed E-state index contributed by atoms with van der Waals surface area (Å²) in [4.78, 5) is 16.5. The van der Waals surface area contributed by atoms with Crippen LogP contribution in [0.5, 0.6) is 0 Å². The van der Waals surface area contributed by atoms with Gasteiger partial charge in [0.25, 0.3) is 0 Å². The van der Waals surface area contributed by atoms with Crippen LogP contribution in [0.3, 0.4) is 0 Å². The Balaban J connectivity index is 1.56. The van der Waals surface area contributed by atoms with Gasteiger partial charge in [0, 0.05) is 34.5 Å². The summed E-state index contributed by atoms with van der Waals surface area (Å²) in [6.45, 7) is 2.38. The highest BCUT2D eigenvalue weighted by molar-refractivity contribution is 7.99. The van der Waals surface area contributed by atoms with Crippen LogP contribution in [-0.2, 0) is 11.3 Å². The molecule has 0 spiro atoms. The van der Waals surface area contributed by atoms with Crippen molar-refractivity contribution in [1.82, 2.24) is 25.1 Å². The minimum absolute atomic E-state index is 0.104. The SMILES string of the molecule is Cc1c(Cl)cccc1-n1c(SCC(=O)NCc2ccc(Cl)cc2)nnc1-c1ccncc1. The van der Waals surface area contributed by atoms with Crippen molar-refractivity contribution in [2.45, 2.75) is 18.6 Å². The van der Waals surface area contributed by atoms with Crippen molar-refractivity contribution < 1.29 is 4.79 Å². The minimum atomic E-state index is -0.104. The summed E-state index contributed by atoms with van der Waals surface area (Å²) in [5, 5.41) is 13.6. The molecular formula is C23H19Cl2N5OS. The van der Waals surface area contributed by atoms with E-state index in [0.29, 0.717) is 27.6 Å². The quantitative estimate of drug-likeness (QED) is 0.358. The number of carbonyl (C=O) groups is 1. The molecule has 0 fully saturated rings. The highest BCUT2D eigenvalue weighted by atomic mass is 35.5. The zero-order valence-electron chi connectivity index (χ0n) is 17.1. The molecule has 2 aromatic heterocycles. The molecule has 0 aliphatic carbocycles. The second kappa shape index (κ2) is 10.2. The average molecular weight is 484 g/mol. The number of halogens is 2. The Morgan fingerprint density at radius 2 is 1.78 bits per heavy atom. The van der Waals surface area contributed by atoms with Crippen LogP contribution in [0.2, 0.25) is 10.0 Å². The van der Waals surface area contributed by atoms with Gasteiger partial charge in [-0.25, -0.2) is 0 Å². The molecule has 2 heterocycles. The van der Waals surface area contributed by atoms with Gasteiger partial charge in [-0.15, -0.1) is 10.2 Å². The molecule has 0 bridgehead atoms. The molecule has 0 aliphatic heterocycles. The summed E-state index contributed by atoms with van der Waals surface area (Å²) >= 11 is 13.6. The molecule has 0 unspecified atom stereocenters. The molecule has 0 aliphatic rings. The third kappa shape index (κ3) is 5.12. The number of pyridine rings is 1. The lowest BCUT2D eigenvalue weighted by molar-refractivity contribution is -0.118. The van der Waals surface area contributed by atoms with Crippen LogP contribution in [0.15, 0.2) is 72.1 Å². The summed E-state index contributed by atoms with van der Waals surface area (Å²) in [7, 11) is 0. The van der Waals surface area contributed by atoms with Crippen LogP contribution < -0.4 is 5.32 Å². The number of hydrogen-bond donors (Lipinski definition) is 1. The fourth-order valence-electron chi connectivity index (χ4n) is 3.09. The fraction of sp³-hybridized carbons (Fsp3) is 0.130. The van der Waals surface area contributed by atoms with E-state index >= 15 is 0 Å². The number of aromatic nitrogens is 4. The summed E-state index contributed by atoms with van der Waals surface area (Å²) in [5.74, 6) is 0.747. The average Bonchev–Trinajstić information content (AvgIpc) is 3.23. The van der Waals surface area contributed by atoms with Gasteiger partial charge in [-0.1, -0.05) is 53.2 Å². The third-order valence-corrected chi connectivity index (χ3v) is 6.38. The van der Waals surface area contributed by atoms with Gasteiger partial charge in [-0.05, 0) is 54.4 Å². The Morgan fingerprint density at radius 3 is 2.53 bits per heavy atom. The highest BCUT2D eigenvalue weighted by Gasteiger charge is 2.19. The Hall–Kier alpha value is -2.87. The second-order valence-electron chi connectivity index (χ2n) is 6.95. The lowest BCUT2D eigenvalue weighted by Crippen LogP contribution is -2.24. The van der Waals surface area contributed by atoms with Gasteiger partial charge < -0.3 is 5.32 Å². The Morgan fingerprint density at radius 1 is 1.03 bits per heavy atom. The topological polar surface area (TPSA) is 72.7 Å². The van der Waals surface area contributed by atoms with E-state index in [1.54, 1.807) is 24.5 Å². The number of nitrogens with zero attached hydrogens (tertiary/aromatic N) is 4. The Labute approximate surface area is 200 Å². The summed E-state index contributed by atoms with van der Waals surface area (Å²) in [5.41, 5.74) is 3.60. The predicted octanol–water partition coefficient (Wildman–Crippen LogP) is 5.35. The number of carbonyl (C=O) groups excluding carboxylic acids is 1. The number of hydrogen-bond acceptors (Lipinski definition) is 5. The summed E-state index contributed by atoms with van der Waals surface area (Å²) in [6.07, 6.45) is 3.41. The van der Waals surface area contributed by atoms with E-state index in [2.05, 4.69) is 20.5 Å². The number of thioether (sulfide) groups is 1. The first kappa shape index (κ1) is 22.3. The predicted molar refractivity (Wildman–Crippen MR) is 128 cm³/mol. The Kier molecular flexibility index (Phi) is 7.09. The molecule has 4 aromatic rings. The number of nitrogens with one attached hydrogen (secondary N) is 1. The van der Waals surface area contributed by atoms with Crippen LogP contribution in [0.25, 0.3) is 17.1 Å². The first-order chi connectivity index (χ1) is 15.5. The van der Waals surface area contributed by atoms with E-state index in [4.69, 9.17) is 23.2 Å². The largest absolute Gasteiger partial charge is 0.351 e. The molecule has 6 nitrogen and oxygen atoms in total. The van der Waals surface area contributed by atoms with Crippen LogP contribution in [0, 0.1) is 6.92 Å². The van der Waals surface area contributed by atoms with Crippen molar-refractivity contribution >= 4 is 40.9 Å². The van der Waals surface area contributed by atoms with Gasteiger partial charge >= 0.3 is 0 Å². The maximum atomic E-state index is 12.5. The molecule has 9 heteroatoms. The Bertz CT molecular complexity index is 1230. The van der Waals surface area contributed by atoms with E-state index in [0.717, 1.165) is 22.4 Å². The molecular weight excluding hydrogens is 465 g/mol. The van der Waals surface area contributed by atoms with Crippen molar-refractivity contribution in [3.05, 3.63) is 88.2 Å². The monoisotopic (exact) mass is 483 g/mol. The van der Waals surface area contributed by atoms with E-state index in [1.807, 2.05) is 54.0 Å². The van der Waals surface area contributed by atoms with E-state index in [9.17, 15) is 4.79 Å². The molecule has 162 valence electrons.